The highest BCUT2D eigenvalue weighted by Gasteiger charge is 2.31. The van der Waals surface area contributed by atoms with Crippen LogP contribution in [0.3, 0.4) is 0 Å². The van der Waals surface area contributed by atoms with E-state index in [1.54, 1.807) is 12.3 Å². The van der Waals surface area contributed by atoms with Crippen LogP contribution in [0.4, 0.5) is 19.0 Å². The van der Waals surface area contributed by atoms with Crippen LogP contribution in [-0.2, 0) is 16.4 Å². The molecule has 0 aliphatic carbocycles. The van der Waals surface area contributed by atoms with Crippen molar-refractivity contribution in [2.75, 3.05) is 24.2 Å². The minimum Gasteiger partial charge on any atom is -0.406 e. The lowest BCUT2D eigenvalue weighted by molar-refractivity contribution is -0.274. The molecule has 0 radical (unpaired) electrons. The largest absolute Gasteiger partial charge is 0.573 e. The Balaban J connectivity index is 1.21. The monoisotopic (exact) mass is 564 g/mol. The second-order valence-electron chi connectivity index (χ2n) is 9.54. The van der Waals surface area contributed by atoms with Crippen molar-refractivity contribution < 1.29 is 30.8 Å². The zero-order valence-electron chi connectivity index (χ0n) is 21.2. The summed E-state index contributed by atoms with van der Waals surface area (Å²) >= 11 is 0. The number of aromatic nitrogens is 2. The third kappa shape index (κ3) is 6.50. The van der Waals surface area contributed by atoms with Crippen LogP contribution in [0.25, 0.3) is 11.3 Å². The number of alkyl halides is 3. The van der Waals surface area contributed by atoms with Crippen molar-refractivity contribution in [3.63, 3.8) is 0 Å². The Morgan fingerprint density at radius 1 is 1.13 bits per heavy atom. The van der Waals surface area contributed by atoms with E-state index in [-0.39, 0.29) is 17.2 Å². The second kappa shape index (κ2) is 10.5. The first-order valence-corrected chi connectivity index (χ1v) is 14.2. The Hall–Kier alpha value is -3.65. The first-order chi connectivity index (χ1) is 18.4. The first kappa shape index (κ1) is 26.9. The predicted octanol–water partition coefficient (Wildman–Crippen LogP) is 3.76. The van der Waals surface area contributed by atoms with Gasteiger partial charge in [0.15, 0.2) is 17.3 Å². The maximum atomic E-state index is 12.4. The van der Waals surface area contributed by atoms with Gasteiger partial charge in [-0.2, -0.15) is 5.01 Å². The lowest BCUT2D eigenvalue weighted by Crippen LogP contribution is -2.40. The van der Waals surface area contributed by atoms with Crippen LogP contribution in [0.1, 0.15) is 31.0 Å². The van der Waals surface area contributed by atoms with Crippen molar-refractivity contribution >= 4 is 21.5 Å². The topological polar surface area (TPSA) is 113 Å². The number of piperidine rings is 1. The zero-order valence-corrected chi connectivity index (χ0v) is 22.0. The van der Waals surface area contributed by atoms with Crippen LogP contribution in [0.15, 0.2) is 58.2 Å². The number of halogens is 3. The molecule has 1 atom stereocenters. The number of sulfone groups is 1. The van der Waals surface area contributed by atoms with Gasteiger partial charge in [0.25, 0.3) is 0 Å². The normalized spacial score (nSPS) is 19.2. The number of amidine groups is 1. The highest BCUT2D eigenvalue weighted by molar-refractivity contribution is 7.91. The van der Waals surface area contributed by atoms with Gasteiger partial charge in [-0.3, -0.25) is 5.43 Å². The van der Waals surface area contributed by atoms with Gasteiger partial charge in [0.1, 0.15) is 27.6 Å². The Bertz CT molecular complexity index is 1450. The van der Waals surface area contributed by atoms with E-state index in [4.69, 9.17) is 4.52 Å². The highest BCUT2D eigenvalue weighted by atomic mass is 32.2. The summed E-state index contributed by atoms with van der Waals surface area (Å²) < 4.78 is 70.2. The molecule has 208 valence electrons. The van der Waals surface area contributed by atoms with E-state index in [1.807, 2.05) is 24.1 Å². The number of benzene rings is 1. The third-order valence-corrected chi connectivity index (χ3v) is 8.36. The summed E-state index contributed by atoms with van der Waals surface area (Å²) in [5.41, 5.74) is 5.24. The van der Waals surface area contributed by atoms with Crippen molar-refractivity contribution in [2.45, 2.75) is 44.1 Å². The maximum absolute atomic E-state index is 12.4. The van der Waals surface area contributed by atoms with Crippen molar-refractivity contribution in [1.29, 1.82) is 0 Å². The second-order valence-corrected chi connectivity index (χ2v) is 11.9. The number of nitrogens with zero attached hydrogens (tertiary/aromatic N) is 5. The Morgan fingerprint density at radius 3 is 2.51 bits per heavy atom. The smallest absolute Gasteiger partial charge is 0.406 e. The molecule has 0 bridgehead atoms. The molecule has 0 saturated carbocycles. The molecule has 1 fully saturated rings. The first-order valence-electron chi connectivity index (χ1n) is 12.3. The molecule has 2 aromatic heterocycles. The van der Waals surface area contributed by atoms with E-state index in [0.717, 1.165) is 11.4 Å². The summed E-state index contributed by atoms with van der Waals surface area (Å²) in [5.74, 6) is 1.36. The van der Waals surface area contributed by atoms with Crippen LogP contribution in [0.2, 0.25) is 0 Å². The number of pyridine rings is 1. The lowest BCUT2D eigenvalue weighted by atomic mass is 10.1. The SMILES string of the molecule is CC1N=C(c2cc(-c3ccc(OC(F)(F)F)cc3)on2)NN1Cc1ccnc(N2CCC(S(C)(=O)=O)CC2)c1. The molecule has 0 amide bonds. The number of hydrogen-bond donors (Lipinski definition) is 1. The molecule has 1 aromatic carbocycles. The van der Waals surface area contributed by atoms with E-state index >= 15 is 0 Å². The molecule has 39 heavy (non-hydrogen) atoms. The van der Waals surface area contributed by atoms with Crippen LogP contribution in [-0.4, -0.2) is 66.5 Å². The fourth-order valence-electron chi connectivity index (χ4n) is 4.60. The predicted molar refractivity (Wildman–Crippen MR) is 138 cm³/mol. The summed E-state index contributed by atoms with van der Waals surface area (Å²) in [4.78, 5) is 11.2. The van der Waals surface area contributed by atoms with Gasteiger partial charge in [-0.05, 0) is 61.7 Å². The number of nitrogens with one attached hydrogen (secondary N) is 1. The van der Waals surface area contributed by atoms with Gasteiger partial charge in [0, 0.05) is 43.7 Å². The van der Waals surface area contributed by atoms with E-state index in [2.05, 4.69) is 30.2 Å². The minimum atomic E-state index is -4.76. The van der Waals surface area contributed by atoms with Crippen LogP contribution < -0.4 is 15.1 Å². The van der Waals surface area contributed by atoms with Gasteiger partial charge in [0.2, 0.25) is 0 Å². The van der Waals surface area contributed by atoms with Crippen LogP contribution in [0, 0.1) is 0 Å². The molecule has 14 heteroatoms. The van der Waals surface area contributed by atoms with Gasteiger partial charge in [-0.15, -0.1) is 13.2 Å². The highest BCUT2D eigenvalue weighted by Crippen LogP contribution is 2.28. The van der Waals surface area contributed by atoms with Crippen LogP contribution in [0.5, 0.6) is 5.75 Å². The van der Waals surface area contributed by atoms with E-state index < -0.39 is 16.2 Å². The molecule has 1 unspecified atom stereocenters. The summed E-state index contributed by atoms with van der Waals surface area (Å²) in [5, 5.41) is 5.69. The van der Waals surface area contributed by atoms with Gasteiger partial charge < -0.3 is 14.2 Å². The molecular formula is C25H27F3N6O4S. The summed E-state index contributed by atoms with van der Waals surface area (Å²) in [6.07, 6.45) is -0.771. The Kier molecular flexibility index (Phi) is 7.25. The molecule has 2 aliphatic rings. The number of hydrogen-bond acceptors (Lipinski definition) is 10. The standard InChI is InChI=1S/C25H27F3N6O4S/c1-16-30-24(21-14-22(38-32-21)18-3-5-19(6-4-18)37-25(26,27)28)31-34(16)15-17-7-10-29-23(13-17)33-11-8-20(9-12-33)39(2,35)36/h3-7,10,13-14,16,20H,8-9,11-12,15H2,1-2H3,(H,30,31). The average molecular weight is 565 g/mol. The molecule has 0 spiro atoms. The summed E-state index contributed by atoms with van der Waals surface area (Å²) in [6, 6.07) is 10.9. The van der Waals surface area contributed by atoms with Gasteiger partial charge in [-0.1, -0.05) is 5.16 Å². The molecule has 3 aromatic rings. The molecule has 1 N–H and O–H groups in total. The molecule has 2 aliphatic heterocycles. The Morgan fingerprint density at radius 2 is 1.85 bits per heavy atom. The molecule has 4 heterocycles. The Labute approximate surface area is 223 Å². The third-order valence-electron chi connectivity index (χ3n) is 6.68. The zero-order chi connectivity index (χ0) is 27.8. The maximum Gasteiger partial charge on any atom is 0.573 e. The van der Waals surface area contributed by atoms with Gasteiger partial charge in [-0.25, -0.2) is 18.4 Å². The quantitative estimate of drug-likeness (QED) is 0.458. The average Bonchev–Trinajstić information content (AvgIpc) is 3.51. The van der Waals surface area contributed by atoms with E-state index in [9.17, 15) is 21.6 Å². The van der Waals surface area contributed by atoms with Gasteiger partial charge >= 0.3 is 6.36 Å². The van der Waals surface area contributed by atoms with Crippen molar-refractivity contribution in [3.05, 3.63) is 59.9 Å². The lowest BCUT2D eigenvalue weighted by Gasteiger charge is -2.32. The van der Waals surface area contributed by atoms with E-state index in [0.29, 0.717) is 55.3 Å². The molecule has 1 saturated heterocycles. The summed E-state index contributed by atoms with van der Waals surface area (Å²) in [7, 11) is -3.04. The van der Waals surface area contributed by atoms with Crippen molar-refractivity contribution in [2.24, 2.45) is 4.99 Å². The fraction of sp³-hybridized carbons (Fsp3) is 0.400. The molecule has 10 nitrogen and oxygen atoms in total. The number of ether oxygens (including phenoxy) is 1. The number of aliphatic imine (C=N–C) groups is 1. The number of rotatable bonds is 7. The minimum absolute atomic E-state index is 0.207. The van der Waals surface area contributed by atoms with Gasteiger partial charge in [0.05, 0.1) is 5.25 Å². The van der Waals surface area contributed by atoms with E-state index in [1.165, 1.54) is 30.5 Å². The van der Waals surface area contributed by atoms with Crippen LogP contribution >= 0.6 is 0 Å². The van der Waals surface area contributed by atoms with Crippen molar-refractivity contribution in [3.8, 4) is 17.1 Å². The number of hydrazine groups is 1. The molecule has 5 rings (SSSR count). The van der Waals surface area contributed by atoms with Crippen molar-refractivity contribution in [1.82, 2.24) is 20.6 Å². The fourth-order valence-corrected chi connectivity index (χ4v) is 5.66. The summed E-state index contributed by atoms with van der Waals surface area (Å²) in [6.45, 7) is 3.71. The number of anilines is 1. The molecular weight excluding hydrogens is 537 g/mol.